The minimum atomic E-state index is -0.223. The van der Waals surface area contributed by atoms with Crippen LogP contribution in [0.4, 0.5) is 10.6 Å². The van der Waals surface area contributed by atoms with Gasteiger partial charge in [0.05, 0.1) is 11.3 Å². The molecular weight excluding hydrogens is 495 g/mol. The largest absolute Gasteiger partial charge is 0.473 e. The summed E-state index contributed by atoms with van der Waals surface area (Å²) in [5.74, 6) is 1.60. The van der Waals surface area contributed by atoms with E-state index in [9.17, 15) is 4.79 Å². The second-order valence-corrected chi connectivity index (χ2v) is 7.41. The molecule has 150 valence electrons. The second kappa shape index (κ2) is 9.49. The Labute approximate surface area is 186 Å². The van der Waals surface area contributed by atoms with Gasteiger partial charge in [-0.05, 0) is 29.3 Å². The van der Waals surface area contributed by atoms with Gasteiger partial charge in [0, 0.05) is 53.5 Å². The summed E-state index contributed by atoms with van der Waals surface area (Å²) in [6.07, 6.45) is 3.94. The van der Waals surface area contributed by atoms with E-state index in [-0.39, 0.29) is 3.91 Å². The quantitative estimate of drug-likeness (QED) is 0.206. The first-order valence-electron chi connectivity index (χ1n) is 9.16. The van der Waals surface area contributed by atoms with E-state index in [2.05, 4.69) is 20.4 Å². The van der Waals surface area contributed by atoms with Gasteiger partial charge in [0.25, 0.3) is 3.91 Å². The lowest BCUT2D eigenvalue weighted by Crippen LogP contribution is -2.03. The van der Waals surface area contributed by atoms with Gasteiger partial charge >= 0.3 is 0 Å². The van der Waals surface area contributed by atoms with Gasteiger partial charge < -0.3 is 14.6 Å². The van der Waals surface area contributed by atoms with Gasteiger partial charge in [0.2, 0.25) is 5.88 Å². The Kier molecular flexibility index (Phi) is 6.33. The number of carbonyl (C=O) groups excluding carboxylic acids is 1. The second-order valence-electron chi connectivity index (χ2n) is 6.43. The van der Waals surface area contributed by atoms with Crippen LogP contribution >= 0.6 is 22.6 Å². The van der Waals surface area contributed by atoms with Gasteiger partial charge in [-0.25, -0.2) is 9.97 Å². The van der Waals surface area contributed by atoms with Crippen LogP contribution in [0.15, 0.2) is 77.6 Å². The van der Waals surface area contributed by atoms with Gasteiger partial charge in [-0.15, -0.1) is 0 Å². The number of carbonyl (C=O) groups is 1. The lowest BCUT2D eigenvalue weighted by atomic mass is 10.1. The summed E-state index contributed by atoms with van der Waals surface area (Å²) in [5, 5.41) is 6.85. The average Bonchev–Trinajstić information content (AvgIpc) is 3.22. The Bertz CT molecular complexity index is 1130. The maximum atomic E-state index is 11.4. The molecule has 0 atom stereocenters. The highest BCUT2D eigenvalue weighted by Gasteiger charge is 2.13. The number of hydrogen-bond acceptors (Lipinski definition) is 6. The zero-order chi connectivity index (χ0) is 20.8. The third-order valence-corrected chi connectivity index (χ3v) is 4.55. The van der Waals surface area contributed by atoms with Crippen molar-refractivity contribution < 1.29 is 14.1 Å². The van der Waals surface area contributed by atoms with Crippen LogP contribution in [0, 0.1) is 0 Å². The molecule has 0 bridgehead atoms. The van der Waals surface area contributed by atoms with E-state index in [1.54, 1.807) is 41.1 Å². The minimum Gasteiger partial charge on any atom is -0.473 e. The Morgan fingerprint density at radius 2 is 1.80 bits per heavy atom. The summed E-state index contributed by atoms with van der Waals surface area (Å²) in [4.78, 5) is 19.7. The van der Waals surface area contributed by atoms with Crippen molar-refractivity contribution in [2.24, 2.45) is 0 Å². The fourth-order valence-corrected chi connectivity index (χ4v) is 3.13. The predicted molar refractivity (Wildman–Crippen MR) is 121 cm³/mol. The molecule has 0 fully saturated rings. The van der Waals surface area contributed by atoms with Crippen LogP contribution in [-0.4, -0.2) is 19.0 Å². The first-order chi connectivity index (χ1) is 14.7. The van der Waals surface area contributed by atoms with Crippen LogP contribution in [-0.2, 0) is 13.0 Å². The third kappa shape index (κ3) is 5.20. The lowest BCUT2D eigenvalue weighted by Gasteiger charge is -2.06. The molecule has 0 aliphatic heterocycles. The van der Waals surface area contributed by atoms with Gasteiger partial charge in [-0.3, -0.25) is 4.79 Å². The maximum absolute atomic E-state index is 11.4. The number of anilines is 1. The normalized spacial score (nSPS) is 10.6. The van der Waals surface area contributed by atoms with E-state index in [4.69, 9.17) is 9.26 Å². The van der Waals surface area contributed by atoms with Crippen molar-refractivity contribution in [1.29, 1.82) is 0 Å². The van der Waals surface area contributed by atoms with Crippen LogP contribution in [0.2, 0.25) is 0 Å². The Morgan fingerprint density at radius 1 is 1.00 bits per heavy atom. The molecule has 0 saturated heterocycles. The van der Waals surface area contributed by atoms with Gasteiger partial charge in [0.15, 0.2) is 5.76 Å². The number of nitrogens with zero attached hydrogens (tertiary/aromatic N) is 3. The topological polar surface area (TPSA) is 90.1 Å². The SMILES string of the molecule is O=C(I)Nc1ncccc1-c1cc(Cc2ccc(COc3ccccn3)cc2)no1. The molecule has 30 heavy (non-hydrogen) atoms. The summed E-state index contributed by atoms with van der Waals surface area (Å²) < 4.78 is 10.9. The fraction of sp³-hybridized carbons (Fsp3) is 0.0909. The minimum absolute atomic E-state index is 0.223. The maximum Gasteiger partial charge on any atom is 0.286 e. The Hall–Kier alpha value is -3.27. The molecule has 8 heteroatoms. The first kappa shape index (κ1) is 20.0. The van der Waals surface area contributed by atoms with Crippen LogP contribution in [0.1, 0.15) is 16.8 Å². The van der Waals surface area contributed by atoms with Crippen LogP contribution in [0.5, 0.6) is 5.88 Å². The van der Waals surface area contributed by atoms with Crippen molar-refractivity contribution in [2.75, 3.05) is 5.32 Å². The van der Waals surface area contributed by atoms with E-state index in [1.807, 2.05) is 54.6 Å². The first-order valence-corrected chi connectivity index (χ1v) is 10.2. The van der Waals surface area contributed by atoms with Crippen LogP contribution < -0.4 is 10.1 Å². The molecule has 3 aromatic heterocycles. The summed E-state index contributed by atoms with van der Waals surface area (Å²) in [6.45, 7) is 0.456. The van der Waals surface area contributed by atoms with Gasteiger partial charge in [0.1, 0.15) is 12.4 Å². The van der Waals surface area contributed by atoms with Crippen molar-refractivity contribution in [3.05, 3.63) is 89.9 Å². The smallest absolute Gasteiger partial charge is 0.286 e. The summed E-state index contributed by atoms with van der Waals surface area (Å²) in [5.41, 5.74) is 3.63. The van der Waals surface area contributed by atoms with Crippen molar-refractivity contribution in [3.63, 3.8) is 0 Å². The number of pyridine rings is 2. The zero-order valence-corrected chi connectivity index (χ0v) is 17.9. The van der Waals surface area contributed by atoms with Crippen molar-refractivity contribution in [3.8, 4) is 17.2 Å². The summed E-state index contributed by atoms with van der Waals surface area (Å²) in [7, 11) is 0. The molecule has 1 aromatic carbocycles. The number of aromatic nitrogens is 3. The number of halogens is 1. The Balaban J connectivity index is 1.41. The van der Waals surface area contributed by atoms with Crippen LogP contribution in [0.25, 0.3) is 11.3 Å². The number of ether oxygens (including phenoxy) is 1. The highest BCUT2D eigenvalue weighted by Crippen LogP contribution is 2.27. The Morgan fingerprint density at radius 3 is 2.57 bits per heavy atom. The summed E-state index contributed by atoms with van der Waals surface area (Å²) in [6, 6.07) is 19.2. The molecular formula is C22H17IN4O3. The van der Waals surface area contributed by atoms with E-state index in [1.165, 1.54) is 0 Å². The monoisotopic (exact) mass is 512 g/mol. The van der Waals surface area contributed by atoms with Gasteiger partial charge in [-0.2, -0.15) is 0 Å². The highest BCUT2D eigenvalue weighted by molar-refractivity contribution is 14.1. The number of nitrogens with one attached hydrogen (secondary N) is 1. The standard InChI is InChI=1S/C22H17IN4O3/c23-22(28)26-21-18(4-3-11-25-21)19-13-17(27-30-19)12-15-6-8-16(9-7-15)14-29-20-5-1-2-10-24-20/h1-11,13H,12,14H2,(H,25,26,28). The van der Waals surface area contributed by atoms with E-state index >= 15 is 0 Å². The zero-order valence-electron chi connectivity index (χ0n) is 15.8. The number of benzene rings is 1. The number of hydrogen-bond donors (Lipinski definition) is 1. The summed E-state index contributed by atoms with van der Waals surface area (Å²) >= 11 is 1.67. The molecule has 3 heterocycles. The number of amides is 1. The van der Waals surface area contributed by atoms with Gasteiger partial charge in [-0.1, -0.05) is 35.5 Å². The molecule has 1 N–H and O–H groups in total. The highest BCUT2D eigenvalue weighted by atomic mass is 127. The van der Waals surface area contributed by atoms with Crippen molar-refractivity contribution in [1.82, 2.24) is 15.1 Å². The molecule has 7 nitrogen and oxygen atoms in total. The number of rotatable bonds is 7. The molecule has 4 rings (SSSR count). The molecule has 0 radical (unpaired) electrons. The lowest BCUT2D eigenvalue weighted by molar-refractivity contribution is 0.271. The van der Waals surface area contributed by atoms with Crippen molar-refractivity contribution >= 4 is 32.3 Å². The van der Waals surface area contributed by atoms with E-state index < -0.39 is 0 Å². The van der Waals surface area contributed by atoms with Crippen LogP contribution in [0.3, 0.4) is 0 Å². The average molecular weight is 512 g/mol. The molecule has 4 aromatic rings. The fourth-order valence-electron chi connectivity index (χ4n) is 2.87. The molecule has 1 amide bonds. The molecule has 0 unspecified atom stereocenters. The third-order valence-electron chi connectivity index (χ3n) is 4.28. The predicted octanol–water partition coefficient (Wildman–Crippen LogP) is 5.27. The molecule has 0 aliphatic rings. The van der Waals surface area contributed by atoms with E-state index in [0.717, 1.165) is 16.8 Å². The molecule has 0 saturated carbocycles. The van der Waals surface area contributed by atoms with E-state index in [0.29, 0.717) is 36.0 Å². The molecule has 0 spiro atoms. The van der Waals surface area contributed by atoms with Crippen molar-refractivity contribution in [2.45, 2.75) is 13.0 Å². The molecule has 0 aliphatic carbocycles.